The Morgan fingerprint density at radius 1 is 1.53 bits per heavy atom. The van der Waals surface area contributed by atoms with Crippen molar-refractivity contribution >= 4 is 5.69 Å². The molecular weight excluding hydrogens is 188 g/mol. The monoisotopic (exact) mass is 206 g/mol. The fraction of sp³-hybridized carbons (Fsp3) is 0.500. The molecule has 0 bridgehead atoms. The average Bonchev–Trinajstić information content (AvgIpc) is 2.64. The Kier molecular flexibility index (Phi) is 2.93. The summed E-state index contributed by atoms with van der Waals surface area (Å²) in [4.78, 5) is 2.21. The van der Waals surface area contributed by atoms with E-state index in [1.807, 2.05) is 0 Å². The fourth-order valence-corrected chi connectivity index (χ4v) is 2.15. The number of nitrogens with two attached hydrogens (primary N) is 1. The van der Waals surface area contributed by atoms with Crippen molar-refractivity contribution in [2.75, 3.05) is 18.0 Å². The van der Waals surface area contributed by atoms with Crippen molar-refractivity contribution in [1.29, 1.82) is 0 Å². The first-order valence-corrected chi connectivity index (χ1v) is 5.43. The normalized spacial score (nSPS) is 21.0. The van der Waals surface area contributed by atoms with Crippen molar-refractivity contribution in [2.45, 2.75) is 26.0 Å². The number of aliphatic hydroxyl groups is 1. The van der Waals surface area contributed by atoms with Crippen LogP contribution >= 0.6 is 0 Å². The molecule has 0 aliphatic carbocycles. The highest BCUT2D eigenvalue weighted by atomic mass is 16.3. The number of hydrogen-bond donors (Lipinski definition) is 2. The van der Waals surface area contributed by atoms with Gasteiger partial charge in [-0.25, -0.2) is 0 Å². The molecule has 15 heavy (non-hydrogen) atoms. The van der Waals surface area contributed by atoms with E-state index < -0.39 is 0 Å². The molecule has 1 aromatic carbocycles. The van der Waals surface area contributed by atoms with Crippen molar-refractivity contribution in [2.24, 2.45) is 5.73 Å². The molecule has 1 atom stereocenters. The van der Waals surface area contributed by atoms with Crippen molar-refractivity contribution in [3.63, 3.8) is 0 Å². The number of nitrogens with zero attached hydrogens (tertiary/aromatic N) is 1. The summed E-state index contributed by atoms with van der Waals surface area (Å²) in [6, 6.07) is 6.33. The van der Waals surface area contributed by atoms with Crippen LogP contribution in [0.1, 0.15) is 17.5 Å². The van der Waals surface area contributed by atoms with Crippen molar-refractivity contribution in [1.82, 2.24) is 0 Å². The smallest absolute Gasteiger partial charge is 0.0731 e. The Labute approximate surface area is 90.5 Å². The lowest BCUT2D eigenvalue weighted by molar-refractivity contribution is 0.198. The first-order chi connectivity index (χ1) is 7.20. The SMILES string of the molecule is Cc1ccc(N2CCC(O)C2)c(CN)c1. The Hall–Kier alpha value is -1.06. The third-order valence-electron chi connectivity index (χ3n) is 2.96. The molecular formula is C12H18N2O. The molecule has 0 aromatic heterocycles. The first kappa shape index (κ1) is 10.5. The van der Waals surface area contributed by atoms with Gasteiger partial charge in [-0.1, -0.05) is 17.7 Å². The van der Waals surface area contributed by atoms with Crippen molar-refractivity contribution in [3.8, 4) is 0 Å². The molecule has 0 amide bonds. The molecule has 1 unspecified atom stereocenters. The summed E-state index contributed by atoms with van der Waals surface area (Å²) in [5.41, 5.74) is 9.32. The third kappa shape index (κ3) is 2.13. The largest absolute Gasteiger partial charge is 0.391 e. The number of aliphatic hydroxyl groups excluding tert-OH is 1. The van der Waals surface area contributed by atoms with Gasteiger partial charge in [0.05, 0.1) is 6.10 Å². The maximum Gasteiger partial charge on any atom is 0.0731 e. The molecule has 3 nitrogen and oxygen atoms in total. The lowest BCUT2D eigenvalue weighted by atomic mass is 10.1. The fourth-order valence-electron chi connectivity index (χ4n) is 2.15. The second kappa shape index (κ2) is 4.21. The van der Waals surface area contributed by atoms with Gasteiger partial charge in [-0.05, 0) is 25.0 Å². The zero-order valence-corrected chi connectivity index (χ0v) is 9.11. The summed E-state index contributed by atoms with van der Waals surface area (Å²) < 4.78 is 0. The van der Waals surface area contributed by atoms with Crippen LogP contribution in [0.25, 0.3) is 0 Å². The molecule has 0 radical (unpaired) electrons. The molecule has 1 fully saturated rings. The molecule has 0 spiro atoms. The van der Waals surface area contributed by atoms with Gasteiger partial charge < -0.3 is 15.7 Å². The summed E-state index contributed by atoms with van der Waals surface area (Å²) in [5.74, 6) is 0. The van der Waals surface area contributed by atoms with Gasteiger partial charge in [0, 0.05) is 25.3 Å². The predicted octanol–water partition coefficient (Wildman–Crippen LogP) is 1.02. The van der Waals surface area contributed by atoms with E-state index in [1.165, 1.54) is 16.8 Å². The summed E-state index contributed by atoms with van der Waals surface area (Å²) in [6.07, 6.45) is 0.676. The summed E-state index contributed by atoms with van der Waals surface area (Å²) in [5, 5.41) is 9.51. The zero-order valence-electron chi connectivity index (χ0n) is 9.11. The van der Waals surface area contributed by atoms with Gasteiger partial charge in [-0.15, -0.1) is 0 Å². The van der Waals surface area contributed by atoms with E-state index in [0.717, 1.165) is 19.5 Å². The van der Waals surface area contributed by atoms with Gasteiger partial charge >= 0.3 is 0 Å². The Morgan fingerprint density at radius 2 is 2.33 bits per heavy atom. The average molecular weight is 206 g/mol. The van der Waals surface area contributed by atoms with Crippen LogP contribution in [-0.2, 0) is 6.54 Å². The maximum atomic E-state index is 9.51. The van der Waals surface area contributed by atoms with Crippen molar-refractivity contribution < 1.29 is 5.11 Å². The second-order valence-electron chi connectivity index (χ2n) is 4.22. The lowest BCUT2D eigenvalue weighted by Gasteiger charge is -2.21. The van der Waals surface area contributed by atoms with Gasteiger partial charge in [-0.3, -0.25) is 0 Å². The highest BCUT2D eigenvalue weighted by molar-refractivity contribution is 5.55. The van der Waals surface area contributed by atoms with Crippen LogP contribution in [0.2, 0.25) is 0 Å². The number of β-amino-alcohol motifs (C(OH)–C–C–N with tert-alkyl or cyclic N) is 1. The van der Waals surface area contributed by atoms with Gasteiger partial charge in [-0.2, -0.15) is 0 Å². The summed E-state index contributed by atoms with van der Waals surface area (Å²) >= 11 is 0. The van der Waals surface area contributed by atoms with Gasteiger partial charge in [0.1, 0.15) is 0 Å². The Bertz CT molecular complexity index is 351. The van der Waals surface area contributed by atoms with E-state index in [1.54, 1.807) is 0 Å². The standard InChI is InChI=1S/C12H18N2O/c1-9-2-3-12(10(6-9)7-13)14-5-4-11(15)8-14/h2-3,6,11,15H,4-5,7-8,13H2,1H3. The third-order valence-corrected chi connectivity index (χ3v) is 2.96. The second-order valence-corrected chi connectivity index (χ2v) is 4.22. The van der Waals surface area contributed by atoms with Crippen LogP contribution in [0.5, 0.6) is 0 Å². The number of anilines is 1. The minimum atomic E-state index is -0.183. The molecule has 1 aromatic rings. The highest BCUT2D eigenvalue weighted by Crippen LogP contribution is 2.25. The molecule has 1 aliphatic rings. The van der Waals surface area contributed by atoms with Crippen LogP contribution in [0, 0.1) is 6.92 Å². The van der Waals surface area contributed by atoms with E-state index in [2.05, 4.69) is 30.0 Å². The molecule has 82 valence electrons. The predicted molar refractivity (Wildman–Crippen MR) is 61.9 cm³/mol. The van der Waals surface area contributed by atoms with Gasteiger partial charge in [0.2, 0.25) is 0 Å². The van der Waals surface area contributed by atoms with Gasteiger partial charge in [0.25, 0.3) is 0 Å². The first-order valence-electron chi connectivity index (χ1n) is 5.43. The van der Waals surface area contributed by atoms with E-state index in [4.69, 9.17) is 5.73 Å². The molecule has 1 aliphatic heterocycles. The molecule has 3 N–H and O–H groups in total. The molecule has 1 saturated heterocycles. The molecule has 2 rings (SSSR count). The van der Waals surface area contributed by atoms with Crippen LogP contribution < -0.4 is 10.6 Å². The quantitative estimate of drug-likeness (QED) is 0.759. The zero-order chi connectivity index (χ0) is 10.8. The topological polar surface area (TPSA) is 49.5 Å². The number of rotatable bonds is 2. The van der Waals surface area contributed by atoms with Crippen LogP contribution in [0.15, 0.2) is 18.2 Å². The van der Waals surface area contributed by atoms with Crippen LogP contribution in [0.3, 0.4) is 0 Å². The molecule has 1 heterocycles. The maximum absolute atomic E-state index is 9.51. The lowest BCUT2D eigenvalue weighted by Crippen LogP contribution is -2.23. The number of hydrogen-bond acceptors (Lipinski definition) is 3. The summed E-state index contributed by atoms with van der Waals surface area (Å²) in [6.45, 7) is 4.29. The molecule has 0 saturated carbocycles. The minimum absolute atomic E-state index is 0.183. The highest BCUT2D eigenvalue weighted by Gasteiger charge is 2.21. The van der Waals surface area contributed by atoms with E-state index >= 15 is 0 Å². The van der Waals surface area contributed by atoms with E-state index in [0.29, 0.717) is 6.54 Å². The molecule has 3 heteroatoms. The van der Waals surface area contributed by atoms with Gasteiger partial charge in [0.15, 0.2) is 0 Å². The van der Waals surface area contributed by atoms with E-state index in [-0.39, 0.29) is 6.10 Å². The minimum Gasteiger partial charge on any atom is -0.391 e. The Morgan fingerprint density at radius 3 is 2.93 bits per heavy atom. The summed E-state index contributed by atoms with van der Waals surface area (Å²) in [7, 11) is 0. The van der Waals surface area contributed by atoms with E-state index in [9.17, 15) is 5.11 Å². The van der Waals surface area contributed by atoms with Crippen LogP contribution in [0.4, 0.5) is 5.69 Å². The van der Waals surface area contributed by atoms with Crippen LogP contribution in [-0.4, -0.2) is 24.3 Å². The van der Waals surface area contributed by atoms with Crippen molar-refractivity contribution in [3.05, 3.63) is 29.3 Å². The Balaban J connectivity index is 2.27. The number of aryl methyl sites for hydroxylation is 1. The number of benzene rings is 1.